The second-order valence-corrected chi connectivity index (χ2v) is 5.66. The molecular formula is C18H17N3O4. The molecular weight excluding hydrogens is 322 g/mol. The topological polar surface area (TPSA) is 97.4 Å². The van der Waals surface area contributed by atoms with Crippen LogP contribution in [-0.4, -0.2) is 35.4 Å². The van der Waals surface area contributed by atoms with Crippen LogP contribution in [-0.2, 0) is 9.53 Å². The monoisotopic (exact) mass is 339 g/mol. The summed E-state index contributed by atoms with van der Waals surface area (Å²) in [6.45, 7) is -0.452. The van der Waals surface area contributed by atoms with Gasteiger partial charge < -0.3 is 15.4 Å². The normalized spacial score (nSPS) is 13.0. The van der Waals surface area contributed by atoms with Crippen molar-refractivity contribution in [2.75, 3.05) is 11.9 Å². The van der Waals surface area contributed by atoms with Crippen LogP contribution in [0.5, 0.6) is 0 Å². The number of hydrogen-bond acceptors (Lipinski definition) is 5. The molecule has 25 heavy (non-hydrogen) atoms. The molecule has 1 aromatic heterocycles. The molecule has 1 aromatic carbocycles. The van der Waals surface area contributed by atoms with Crippen LogP contribution < -0.4 is 10.6 Å². The van der Waals surface area contributed by atoms with Gasteiger partial charge in [0.15, 0.2) is 6.61 Å². The Bertz CT molecular complexity index is 788. The maximum absolute atomic E-state index is 12.2. The van der Waals surface area contributed by atoms with Crippen molar-refractivity contribution < 1.29 is 19.1 Å². The first-order valence-electron chi connectivity index (χ1n) is 7.90. The molecule has 3 rings (SSSR count). The number of aromatic nitrogens is 1. The SMILES string of the molecule is O=C(COC(=O)c1cccnc1)Nc1ccccc1C(=O)NC1CC1. The number of esters is 1. The molecule has 0 radical (unpaired) electrons. The fraction of sp³-hybridized carbons (Fsp3) is 0.222. The van der Waals surface area contributed by atoms with E-state index >= 15 is 0 Å². The predicted octanol–water partition coefficient (Wildman–Crippen LogP) is 1.77. The number of ether oxygens (including phenoxy) is 1. The third-order valence-corrected chi connectivity index (χ3v) is 3.59. The zero-order chi connectivity index (χ0) is 17.6. The predicted molar refractivity (Wildman–Crippen MR) is 90.1 cm³/mol. The lowest BCUT2D eigenvalue weighted by molar-refractivity contribution is -0.119. The Morgan fingerprint density at radius 1 is 1.12 bits per heavy atom. The summed E-state index contributed by atoms with van der Waals surface area (Å²) in [7, 11) is 0. The second-order valence-electron chi connectivity index (χ2n) is 5.66. The maximum atomic E-state index is 12.2. The number of carbonyl (C=O) groups is 3. The maximum Gasteiger partial charge on any atom is 0.340 e. The molecule has 1 fully saturated rings. The van der Waals surface area contributed by atoms with Gasteiger partial charge in [0.2, 0.25) is 0 Å². The summed E-state index contributed by atoms with van der Waals surface area (Å²) >= 11 is 0. The van der Waals surface area contributed by atoms with E-state index in [1.54, 1.807) is 36.4 Å². The van der Waals surface area contributed by atoms with Crippen LogP contribution >= 0.6 is 0 Å². The highest BCUT2D eigenvalue weighted by Gasteiger charge is 2.25. The van der Waals surface area contributed by atoms with Crippen LogP contribution in [0.4, 0.5) is 5.69 Å². The van der Waals surface area contributed by atoms with E-state index in [2.05, 4.69) is 15.6 Å². The van der Waals surface area contributed by atoms with Gasteiger partial charge in [0, 0.05) is 18.4 Å². The molecule has 0 saturated heterocycles. The van der Waals surface area contributed by atoms with Crippen molar-refractivity contribution in [1.82, 2.24) is 10.3 Å². The van der Waals surface area contributed by atoms with Crippen molar-refractivity contribution in [3.63, 3.8) is 0 Å². The highest BCUT2D eigenvalue weighted by Crippen LogP contribution is 2.21. The standard InChI is InChI=1S/C18H17N3O4/c22-16(11-25-18(24)12-4-3-9-19-10-12)21-15-6-2-1-5-14(15)17(23)20-13-7-8-13/h1-6,9-10,13H,7-8,11H2,(H,20,23)(H,21,22). The first kappa shape index (κ1) is 16.6. The fourth-order valence-corrected chi connectivity index (χ4v) is 2.17. The van der Waals surface area contributed by atoms with Crippen molar-refractivity contribution in [2.24, 2.45) is 0 Å². The average Bonchev–Trinajstić information content (AvgIpc) is 3.45. The molecule has 1 saturated carbocycles. The van der Waals surface area contributed by atoms with Crippen LogP contribution in [0.2, 0.25) is 0 Å². The number of carbonyl (C=O) groups excluding carboxylic acids is 3. The minimum Gasteiger partial charge on any atom is -0.452 e. The molecule has 0 spiro atoms. The van der Waals surface area contributed by atoms with E-state index in [9.17, 15) is 14.4 Å². The first-order chi connectivity index (χ1) is 12.1. The zero-order valence-corrected chi connectivity index (χ0v) is 13.4. The van der Waals surface area contributed by atoms with Gasteiger partial charge in [-0.1, -0.05) is 12.1 Å². The lowest BCUT2D eigenvalue weighted by Crippen LogP contribution is -2.28. The molecule has 0 aliphatic heterocycles. The average molecular weight is 339 g/mol. The Kier molecular flexibility index (Phi) is 5.03. The number of anilines is 1. The van der Waals surface area contributed by atoms with Crippen molar-refractivity contribution >= 4 is 23.5 Å². The summed E-state index contributed by atoms with van der Waals surface area (Å²) in [4.78, 5) is 39.8. The molecule has 7 heteroatoms. The van der Waals surface area contributed by atoms with Gasteiger partial charge in [0.25, 0.3) is 11.8 Å². The summed E-state index contributed by atoms with van der Waals surface area (Å²) in [6.07, 6.45) is 4.85. The summed E-state index contributed by atoms with van der Waals surface area (Å²) in [6, 6.07) is 10.1. The Hall–Kier alpha value is -3.22. The Morgan fingerprint density at radius 3 is 2.64 bits per heavy atom. The zero-order valence-electron chi connectivity index (χ0n) is 13.4. The van der Waals surface area contributed by atoms with E-state index in [-0.39, 0.29) is 17.5 Å². The van der Waals surface area contributed by atoms with Gasteiger partial charge >= 0.3 is 5.97 Å². The minimum absolute atomic E-state index is 0.219. The van der Waals surface area contributed by atoms with Gasteiger partial charge in [-0.05, 0) is 37.1 Å². The molecule has 0 unspecified atom stereocenters. The molecule has 2 aromatic rings. The molecule has 2 N–H and O–H groups in total. The highest BCUT2D eigenvalue weighted by atomic mass is 16.5. The highest BCUT2D eigenvalue weighted by molar-refractivity contribution is 6.04. The van der Waals surface area contributed by atoms with Crippen molar-refractivity contribution in [2.45, 2.75) is 18.9 Å². The van der Waals surface area contributed by atoms with Crippen molar-refractivity contribution in [1.29, 1.82) is 0 Å². The number of pyridine rings is 1. The first-order valence-corrected chi connectivity index (χ1v) is 7.90. The van der Waals surface area contributed by atoms with Gasteiger partial charge in [0.1, 0.15) is 0 Å². The van der Waals surface area contributed by atoms with E-state index in [1.807, 2.05) is 0 Å². The number of rotatable bonds is 6. The van der Waals surface area contributed by atoms with E-state index in [0.717, 1.165) is 12.8 Å². The molecule has 1 aliphatic rings. The van der Waals surface area contributed by atoms with Gasteiger partial charge in [-0.15, -0.1) is 0 Å². The molecule has 2 amide bonds. The smallest absolute Gasteiger partial charge is 0.340 e. The molecule has 0 bridgehead atoms. The van der Waals surface area contributed by atoms with E-state index in [4.69, 9.17) is 4.74 Å². The molecule has 0 atom stereocenters. The van der Waals surface area contributed by atoms with Crippen LogP contribution in [0.1, 0.15) is 33.6 Å². The molecule has 1 aliphatic carbocycles. The van der Waals surface area contributed by atoms with Crippen LogP contribution in [0.15, 0.2) is 48.8 Å². The lowest BCUT2D eigenvalue weighted by atomic mass is 10.1. The number of hydrogen-bond donors (Lipinski definition) is 2. The van der Waals surface area contributed by atoms with Crippen LogP contribution in [0.3, 0.4) is 0 Å². The van der Waals surface area contributed by atoms with E-state index in [1.165, 1.54) is 12.4 Å². The Labute approximate surface area is 144 Å². The Morgan fingerprint density at radius 2 is 1.92 bits per heavy atom. The molecule has 1 heterocycles. The van der Waals surface area contributed by atoms with E-state index < -0.39 is 18.5 Å². The van der Waals surface area contributed by atoms with Crippen molar-refractivity contribution in [3.8, 4) is 0 Å². The largest absolute Gasteiger partial charge is 0.452 e. The Balaban J connectivity index is 1.57. The summed E-state index contributed by atoms with van der Waals surface area (Å²) in [5, 5.41) is 5.47. The van der Waals surface area contributed by atoms with E-state index in [0.29, 0.717) is 11.3 Å². The fourth-order valence-electron chi connectivity index (χ4n) is 2.17. The number of amides is 2. The minimum atomic E-state index is -0.636. The van der Waals surface area contributed by atoms with Crippen LogP contribution in [0, 0.1) is 0 Å². The number of para-hydroxylation sites is 1. The summed E-state index contributed by atoms with van der Waals surface area (Å²) in [5.74, 6) is -1.39. The van der Waals surface area contributed by atoms with Gasteiger partial charge in [-0.25, -0.2) is 4.79 Å². The molecule has 128 valence electrons. The quantitative estimate of drug-likeness (QED) is 0.782. The second kappa shape index (κ2) is 7.57. The number of nitrogens with zero attached hydrogens (tertiary/aromatic N) is 1. The van der Waals surface area contributed by atoms with Gasteiger partial charge in [0.05, 0.1) is 16.8 Å². The number of nitrogens with one attached hydrogen (secondary N) is 2. The summed E-state index contributed by atoms with van der Waals surface area (Å²) < 4.78 is 4.95. The van der Waals surface area contributed by atoms with Crippen LogP contribution in [0.25, 0.3) is 0 Å². The lowest BCUT2D eigenvalue weighted by Gasteiger charge is -2.11. The molecule has 7 nitrogen and oxygen atoms in total. The van der Waals surface area contributed by atoms with Gasteiger partial charge in [-0.3, -0.25) is 14.6 Å². The van der Waals surface area contributed by atoms with Crippen molar-refractivity contribution in [3.05, 3.63) is 59.9 Å². The summed E-state index contributed by atoms with van der Waals surface area (Å²) in [5.41, 5.74) is 1.02. The number of benzene rings is 1. The third kappa shape index (κ3) is 4.63. The van der Waals surface area contributed by atoms with Gasteiger partial charge in [-0.2, -0.15) is 0 Å². The third-order valence-electron chi connectivity index (χ3n) is 3.59.